The molecule has 1 aromatic carbocycles. The predicted molar refractivity (Wildman–Crippen MR) is 67.6 cm³/mol. The first-order chi connectivity index (χ1) is 9.08. The molecule has 3 nitrogen and oxygen atoms in total. The third-order valence-corrected chi connectivity index (χ3v) is 3.16. The van der Waals surface area contributed by atoms with Gasteiger partial charge in [-0.25, -0.2) is 8.78 Å². The largest absolute Gasteiger partial charge is 0.393 e. The van der Waals surface area contributed by atoms with Crippen LogP contribution in [-0.4, -0.2) is 21.0 Å². The first-order valence-electron chi connectivity index (χ1n) is 6.15. The van der Waals surface area contributed by atoms with Crippen molar-refractivity contribution in [2.24, 2.45) is 7.05 Å². The van der Waals surface area contributed by atoms with E-state index in [2.05, 4.69) is 5.10 Å². The van der Waals surface area contributed by atoms with E-state index in [1.165, 1.54) is 18.2 Å². The zero-order valence-corrected chi connectivity index (χ0v) is 10.7. The van der Waals surface area contributed by atoms with Crippen molar-refractivity contribution in [1.29, 1.82) is 0 Å². The van der Waals surface area contributed by atoms with Crippen molar-refractivity contribution in [1.82, 2.24) is 9.78 Å². The molecule has 0 saturated carbocycles. The lowest BCUT2D eigenvalue weighted by molar-refractivity contribution is 0.162. The summed E-state index contributed by atoms with van der Waals surface area (Å²) in [4.78, 5) is 0. The molecule has 1 heterocycles. The lowest BCUT2D eigenvalue weighted by Gasteiger charge is -2.12. The van der Waals surface area contributed by atoms with E-state index >= 15 is 0 Å². The normalized spacial score (nSPS) is 12.6. The molecule has 1 unspecified atom stereocenters. The van der Waals surface area contributed by atoms with E-state index in [1.807, 2.05) is 13.1 Å². The van der Waals surface area contributed by atoms with Crippen LogP contribution in [0.3, 0.4) is 0 Å². The molecule has 102 valence electrons. The fourth-order valence-electron chi connectivity index (χ4n) is 2.03. The molecular formula is C14H16F2N2O. The van der Waals surface area contributed by atoms with Gasteiger partial charge in [0.1, 0.15) is 11.6 Å². The number of nitrogens with zero attached hydrogens (tertiary/aromatic N) is 2. The first kappa shape index (κ1) is 13.7. The molecule has 1 atom stereocenters. The van der Waals surface area contributed by atoms with Crippen molar-refractivity contribution in [3.8, 4) is 0 Å². The molecule has 0 bridgehead atoms. The van der Waals surface area contributed by atoms with Gasteiger partial charge in [0.15, 0.2) is 0 Å². The fraction of sp³-hybridized carbons (Fsp3) is 0.357. The van der Waals surface area contributed by atoms with E-state index in [4.69, 9.17) is 0 Å². The monoisotopic (exact) mass is 266 g/mol. The van der Waals surface area contributed by atoms with Crippen molar-refractivity contribution in [3.63, 3.8) is 0 Å². The van der Waals surface area contributed by atoms with E-state index < -0.39 is 17.7 Å². The van der Waals surface area contributed by atoms with Crippen LogP contribution in [0.25, 0.3) is 0 Å². The lowest BCUT2D eigenvalue weighted by atomic mass is 10.0. The highest BCUT2D eigenvalue weighted by Crippen LogP contribution is 2.16. The van der Waals surface area contributed by atoms with Gasteiger partial charge in [0.25, 0.3) is 0 Å². The summed E-state index contributed by atoms with van der Waals surface area (Å²) in [7, 11) is 1.82. The van der Waals surface area contributed by atoms with Gasteiger partial charge < -0.3 is 5.11 Å². The number of aliphatic hydroxyl groups is 1. The summed E-state index contributed by atoms with van der Waals surface area (Å²) in [6.07, 6.45) is 1.94. The Morgan fingerprint density at radius 3 is 2.53 bits per heavy atom. The Bertz CT molecular complexity index is 534. The number of aliphatic hydroxyl groups excluding tert-OH is 1. The summed E-state index contributed by atoms with van der Waals surface area (Å²) in [6.45, 7) is 0. The van der Waals surface area contributed by atoms with Gasteiger partial charge in [-0.2, -0.15) is 5.10 Å². The number of rotatable bonds is 5. The zero-order valence-electron chi connectivity index (χ0n) is 10.7. The molecule has 0 aliphatic rings. The number of aryl methyl sites for hydroxylation is 2. The van der Waals surface area contributed by atoms with Crippen molar-refractivity contribution in [3.05, 3.63) is 53.4 Å². The standard InChI is InChI=1S/C14H16F2N2O/c1-18-10(7-8-17-18)5-6-11(19)9-12-13(15)3-2-4-14(12)16/h2-4,7-8,11,19H,5-6,9H2,1H3. The number of aromatic nitrogens is 2. The highest BCUT2D eigenvalue weighted by molar-refractivity contribution is 5.20. The van der Waals surface area contributed by atoms with Crippen LogP contribution in [0.5, 0.6) is 0 Å². The summed E-state index contributed by atoms with van der Waals surface area (Å²) < 4.78 is 28.6. The Morgan fingerprint density at radius 2 is 1.95 bits per heavy atom. The highest BCUT2D eigenvalue weighted by Gasteiger charge is 2.14. The Balaban J connectivity index is 1.94. The molecule has 0 spiro atoms. The summed E-state index contributed by atoms with van der Waals surface area (Å²) in [5, 5.41) is 13.9. The number of halogens is 2. The Kier molecular flexibility index (Phi) is 4.27. The molecule has 19 heavy (non-hydrogen) atoms. The maximum Gasteiger partial charge on any atom is 0.129 e. The Hall–Kier alpha value is -1.75. The molecule has 0 amide bonds. The van der Waals surface area contributed by atoms with Crippen LogP contribution in [0.4, 0.5) is 8.78 Å². The van der Waals surface area contributed by atoms with Crippen molar-refractivity contribution in [2.45, 2.75) is 25.4 Å². The van der Waals surface area contributed by atoms with Crippen LogP contribution in [0.15, 0.2) is 30.5 Å². The summed E-state index contributed by atoms with van der Waals surface area (Å²) in [6, 6.07) is 5.57. The first-order valence-corrected chi connectivity index (χ1v) is 6.15. The molecule has 5 heteroatoms. The second-order valence-corrected chi connectivity index (χ2v) is 4.54. The third kappa shape index (κ3) is 3.38. The van der Waals surface area contributed by atoms with Gasteiger partial charge in [0, 0.05) is 30.9 Å². The molecule has 2 aromatic rings. The van der Waals surface area contributed by atoms with Gasteiger partial charge in [0.05, 0.1) is 6.10 Å². The maximum absolute atomic E-state index is 13.4. The van der Waals surface area contributed by atoms with Crippen LogP contribution in [0.2, 0.25) is 0 Å². The second kappa shape index (κ2) is 5.93. The van der Waals surface area contributed by atoms with Gasteiger partial charge in [-0.3, -0.25) is 4.68 Å². The van der Waals surface area contributed by atoms with Crippen molar-refractivity contribution in [2.75, 3.05) is 0 Å². The maximum atomic E-state index is 13.4. The van der Waals surface area contributed by atoms with Gasteiger partial charge in [-0.05, 0) is 31.0 Å². The van der Waals surface area contributed by atoms with Crippen LogP contribution in [-0.2, 0) is 19.9 Å². The minimum atomic E-state index is -0.777. The second-order valence-electron chi connectivity index (χ2n) is 4.54. The zero-order chi connectivity index (χ0) is 13.8. The molecule has 0 aliphatic heterocycles. The van der Waals surface area contributed by atoms with Gasteiger partial charge in [-0.15, -0.1) is 0 Å². The average molecular weight is 266 g/mol. The molecular weight excluding hydrogens is 250 g/mol. The van der Waals surface area contributed by atoms with Crippen LogP contribution < -0.4 is 0 Å². The molecule has 2 rings (SSSR count). The summed E-state index contributed by atoms with van der Waals surface area (Å²) in [5.41, 5.74) is 0.924. The van der Waals surface area contributed by atoms with Gasteiger partial charge >= 0.3 is 0 Å². The smallest absolute Gasteiger partial charge is 0.129 e. The van der Waals surface area contributed by atoms with Gasteiger partial charge in [0.2, 0.25) is 0 Å². The Labute approximate surface area is 110 Å². The van der Waals surface area contributed by atoms with Crippen molar-refractivity contribution >= 4 is 0 Å². The van der Waals surface area contributed by atoms with Crippen LogP contribution in [0, 0.1) is 11.6 Å². The van der Waals surface area contributed by atoms with Crippen LogP contribution in [0.1, 0.15) is 17.7 Å². The van der Waals surface area contributed by atoms with E-state index in [1.54, 1.807) is 10.9 Å². The van der Waals surface area contributed by atoms with Gasteiger partial charge in [-0.1, -0.05) is 6.07 Å². The van der Waals surface area contributed by atoms with Crippen LogP contribution >= 0.6 is 0 Å². The molecule has 0 fully saturated rings. The molecule has 0 radical (unpaired) electrons. The molecule has 1 N–H and O–H groups in total. The van der Waals surface area contributed by atoms with E-state index in [9.17, 15) is 13.9 Å². The quantitative estimate of drug-likeness (QED) is 0.901. The highest BCUT2D eigenvalue weighted by atomic mass is 19.1. The minimum Gasteiger partial charge on any atom is -0.393 e. The topological polar surface area (TPSA) is 38.0 Å². The van der Waals surface area contributed by atoms with E-state index in [0.717, 1.165) is 5.69 Å². The lowest BCUT2D eigenvalue weighted by Crippen LogP contribution is -2.15. The number of hydrogen-bond acceptors (Lipinski definition) is 2. The SMILES string of the molecule is Cn1nccc1CCC(O)Cc1c(F)cccc1F. The third-order valence-electron chi connectivity index (χ3n) is 3.16. The molecule has 1 aromatic heterocycles. The predicted octanol–water partition coefficient (Wildman–Crippen LogP) is 2.23. The number of hydrogen-bond donors (Lipinski definition) is 1. The minimum absolute atomic E-state index is 0.0175. The van der Waals surface area contributed by atoms with E-state index in [-0.39, 0.29) is 12.0 Å². The fourth-order valence-corrected chi connectivity index (χ4v) is 2.03. The number of benzene rings is 1. The molecule has 0 saturated heterocycles. The average Bonchev–Trinajstić information content (AvgIpc) is 2.77. The summed E-state index contributed by atoms with van der Waals surface area (Å²) in [5.74, 6) is -1.22. The van der Waals surface area contributed by atoms with Crippen molar-refractivity contribution < 1.29 is 13.9 Å². The Morgan fingerprint density at radius 1 is 1.26 bits per heavy atom. The van der Waals surface area contributed by atoms with E-state index in [0.29, 0.717) is 12.8 Å². The molecule has 0 aliphatic carbocycles. The summed E-state index contributed by atoms with van der Waals surface area (Å²) >= 11 is 0.